The highest BCUT2D eigenvalue weighted by atomic mass is 16.5. The van der Waals surface area contributed by atoms with Crippen LogP contribution in [-0.2, 0) is 11.3 Å². The van der Waals surface area contributed by atoms with Gasteiger partial charge in [-0.15, -0.1) is 0 Å². The van der Waals surface area contributed by atoms with Gasteiger partial charge in [0, 0.05) is 20.0 Å². The monoisotopic (exact) mass is 252 g/mol. The van der Waals surface area contributed by atoms with Gasteiger partial charge in [0.05, 0.1) is 13.7 Å². The number of amides is 1. The van der Waals surface area contributed by atoms with Crippen molar-refractivity contribution < 1.29 is 14.3 Å². The van der Waals surface area contributed by atoms with Gasteiger partial charge in [0.2, 0.25) is 5.91 Å². The molecule has 18 heavy (non-hydrogen) atoms. The number of carbonyl (C=O) groups is 1. The van der Waals surface area contributed by atoms with Gasteiger partial charge in [-0.2, -0.15) is 0 Å². The number of hydrogen-bond donors (Lipinski definition) is 2. The van der Waals surface area contributed by atoms with Crippen molar-refractivity contribution in [3.05, 3.63) is 23.8 Å². The van der Waals surface area contributed by atoms with Crippen molar-refractivity contribution in [2.24, 2.45) is 5.73 Å². The summed E-state index contributed by atoms with van der Waals surface area (Å²) in [6.07, 6.45) is 1.13. The quantitative estimate of drug-likeness (QED) is 0.712. The van der Waals surface area contributed by atoms with Crippen LogP contribution >= 0.6 is 0 Å². The number of methoxy groups -OCH3 is 1. The highest BCUT2D eigenvalue weighted by Gasteiger charge is 2.05. The third-order valence-electron chi connectivity index (χ3n) is 2.55. The second-order valence-corrected chi connectivity index (χ2v) is 3.81. The average molecular weight is 252 g/mol. The van der Waals surface area contributed by atoms with Crippen molar-refractivity contribution in [2.45, 2.75) is 19.4 Å². The molecule has 0 aliphatic rings. The minimum atomic E-state index is 0.0176. The van der Waals surface area contributed by atoms with Crippen molar-refractivity contribution in [1.29, 1.82) is 0 Å². The normalized spacial score (nSPS) is 9.94. The van der Waals surface area contributed by atoms with E-state index in [4.69, 9.17) is 15.2 Å². The van der Waals surface area contributed by atoms with Crippen LogP contribution in [0.1, 0.15) is 18.4 Å². The van der Waals surface area contributed by atoms with Crippen molar-refractivity contribution in [2.75, 3.05) is 20.8 Å². The molecule has 0 aliphatic heterocycles. The van der Waals surface area contributed by atoms with Gasteiger partial charge in [-0.25, -0.2) is 0 Å². The Kier molecular flexibility index (Phi) is 6.00. The van der Waals surface area contributed by atoms with Gasteiger partial charge in [-0.1, -0.05) is 6.07 Å². The molecule has 0 heterocycles. The molecule has 0 unspecified atom stereocenters. The SMILES string of the molecule is CNC(=O)CCCOc1ccc(CN)cc1OC. The van der Waals surface area contributed by atoms with E-state index < -0.39 is 0 Å². The summed E-state index contributed by atoms with van der Waals surface area (Å²) >= 11 is 0. The predicted octanol–water partition coefficient (Wildman–Crippen LogP) is 1.06. The van der Waals surface area contributed by atoms with E-state index >= 15 is 0 Å². The van der Waals surface area contributed by atoms with Crippen molar-refractivity contribution in [1.82, 2.24) is 5.32 Å². The topological polar surface area (TPSA) is 73.6 Å². The number of benzene rings is 1. The zero-order chi connectivity index (χ0) is 13.4. The van der Waals surface area contributed by atoms with E-state index in [1.807, 2.05) is 18.2 Å². The van der Waals surface area contributed by atoms with Crippen molar-refractivity contribution in [3.8, 4) is 11.5 Å². The van der Waals surface area contributed by atoms with Gasteiger partial charge in [0.15, 0.2) is 11.5 Å². The van der Waals surface area contributed by atoms with E-state index in [1.54, 1.807) is 14.2 Å². The summed E-state index contributed by atoms with van der Waals surface area (Å²) in [5.74, 6) is 1.36. The minimum absolute atomic E-state index is 0.0176. The van der Waals surface area contributed by atoms with Crippen LogP contribution < -0.4 is 20.5 Å². The summed E-state index contributed by atoms with van der Waals surface area (Å²) in [6, 6.07) is 5.59. The zero-order valence-electron chi connectivity index (χ0n) is 10.9. The lowest BCUT2D eigenvalue weighted by molar-refractivity contribution is -0.120. The molecular weight excluding hydrogens is 232 g/mol. The van der Waals surface area contributed by atoms with Crippen LogP contribution in [0.5, 0.6) is 11.5 Å². The summed E-state index contributed by atoms with van der Waals surface area (Å²) in [5.41, 5.74) is 6.54. The molecule has 0 atom stereocenters. The molecule has 0 bridgehead atoms. The fraction of sp³-hybridized carbons (Fsp3) is 0.462. The van der Waals surface area contributed by atoms with Crippen LogP contribution in [0.4, 0.5) is 0 Å². The Morgan fingerprint density at radius 3 is 2.78 bits per heavy atom. The number of nitrogens with two attached hydrogens (primary N) is 1. The van der Waals surface area contributed by atoms with Crippen LogP contribution in [0.25, 0.3) is 0 Å². The third-order valence-corrected chi connectivity index (χ3v) is 2.55. The standard InChI is InChI=1S/C13H20N2O3/c1-15-13(16)4-3-7-18-11-6-5-10(9-14)8-12(11)17-2/h5-6,8H,3-4,7,9,14H2,1-2H3,(H,15,16). The molecule has 3 N–H and O–H groups in total. The lowest BCUT2D eigenvalue weighted by Crippen LogP contribution is -2.18. The van der Waals surface area contributed by atoms with Crippen LogP contribution in [0.15, 0.2) is 18.2 Å². The van der Waals surface area contributed by atoms with Gasteiger partial charge < -0.3 is 20.5 Å². The molecule has 0 saturated carbocycles. The van der Waals surface area contributed by atoms with E-state index in [0.29, 0.717) is 37.5 Å². The molecule has 0 radical (unpaired) electrons. The largest absolute Gasteiger partial charge is 0.493 e. The molecule has 1 aromatic carbocycles. The Balaban J connectivity index is 2.49. The van der Waals surface area contributed by atoms with Gasteiger partial charge in [0.25, 0.3) is 0 Å². The summed E-state index contributed by atoms with van der Waals surface area (Å²) < 4.78 is 10.8. The Labute approximate surface area is 107 Å². The fourth-order valence-electron chi connectivity index (χ4n) is 1.50. The van der Waals surface area contributed by atoms with Gasteiger partial charge in [0.1, 0.15) is 0 Å². The van der Waals surface area contributed by atoms with Gasteiger partial charge >= 0.3 is 0 Å². The molecule has 1 amide bonds. The number of carbonyl (C=O) groups excluding carboxylic acids is 1. The van der Waals surface area contributed by atoms with E-state index in [1.165, 1.54) is 0 Å². The maximum Gasteiger partial charge on any atom is 0.219 e. The first-order chi connectivity index (χ1) is 8.71. The first-order valence-electron chi connectivity index (χ1n) is 5.91. The maximum absolute atomic E-state index is 11.0. The number of nitrogens with one attached hydrogen (secondary N) is 1. The average Bonchev–Trinajstić information content (AvgIpc) is 2.43. The fourth-order valence-corrected chi connectivity index (χ4v) is 1.50. The van der Waals surface area contributed by atoms with E-state index in [2.05, 4.69) is 5.32 Å². The minimum Gasteiger partial charge on any atom is -0.493 e. The molecule has 1 aromatic rings. The third kappa shape index (κ3) is 4.25. The van der Waals surface area contributed by atoms with E-state index in [0.717, 1.165) is 5.56 Å². The van der Waals surface area contributed by atoms with Crippen molar-refractivity contribution in [3.63, 3.8) is 0 Å². The highest BCUT2D eigenvalue weighted by Crippen LogP contribution is 2.28. The number of ether oxygens (including phenoxy) is 2. The van der Waals surface area contributed by atoms with E-state index in [-0.39, 0.29) is 5.91 Å². The zero-order valence-corrected chi connectivity index (χ0v) is 10.9. The maximum atomic E-state index is 11.0. The molecule has 100 valence electrons. The molecule has 0 aromatic heterocycles. The van der Waals surface area contributed by atoms with E-state index in [9.17, 15) is 4.79 Å². The predicted molar refractivity (Wildman–Crippen MR) is 69.7 cm³/mol. The Morgan fingerprint density at radius 2 is 2.17 bits per heavy atom. The van der Waals surface area contributed by atoms with Gasteiger partial charge in [-0.05, 0) is 24.1 Å². The number of hydrogen-bond acceptors (Lipinski definition) is 4. The summed E-state index contributed by atoms with van der Waals surface area (Å²) in [6.45, 7) is 0.944. The Hall–Kier alpha value is -1.75. The van der Waals surface area contributed by atoms with Crippen LogP contribution in [-0.4, -0.2) is 26.7 Å². The highest BCUT2D eigenvalue weighted by molar-refractivity contribution is 5.75. The smallest absolute Gasteiger partial charge is 0.219 e. The summed E-state index contributed by atoms with van der Waals surface area (Å²) in [5, 5.41) is 2.57. The van der Waals surface area contributed by atoms with Crippen LogP contribution in [0.3, 0.4) is 0 Å². The molecule has 0 spiro atoms. The van der Waals surface area contributed by atoms with Crippen LogP contribution in [0, 0.1) is 0 Å². The van der Waals surface area contributed by atoms with Gasteiger partial charge in [-0.3, -0.25) is 4.79 Å². The molecular formula is C13H20N2O3. The summed E-state index contributed by atoms with van der Waals surface area (Å²) in [4.78, 5) is 11.0. The lowest BCUT2D eigenvalue weighted by Gasteiger charge is -2.11. The molecule has 5 heteroatoms. The number of rotatable bonds is 7. The molecule has 1 rings (SSSR count). The van der Waals surface area contributed by atoms with Crippen LogP contribution in [0.2, 0.25) is 0 Å². The molecule has 5 nitrogen and oxygen atoms in total. The summed E-state index contributed by atoms with van der Waals surface area (Å²) in [7, 11) is 3.21. The first-order valence-corrected chi connectivity index (χ1v) is 5.91. The second-order valence-electron chi connectivity index (χ2n) is 3.81. The molecule has 0 aliphatic carbocycles. The molecule has 0 fully saturated rings. The lowest BCUT2D eigenvalue weighted by atomic mass is 10.2. The second kappa shape index (κ2) is 7.55. The Bertz CT molecular complexity index is 394. The first kappa shape index (κ1) is 14.3. The molecule has 0 saturated heterocycles. The Morgan fingerprint density at radius 1 is 1.39 bits per heavy atom. The van der Waals surface area contributed by atoms with Crippen molar-refractivity contribution >= 4 is 5.91 Å².